The van der Waals surface area contributed by atoms with Gasteiger partial charge in [-0.2, -0.15) is 4.37 Å². The predicted octanol–water partition coefficient (Wildman–Crippen LogP) is 2.49. The van der Waals surface area contributed by atoms with Gasteiger partial charge in [0.1, 0.15) is 11.6 Å². The lowest BCUT2D eigenvalue weighted by atomic mass is 10.3. The van der Waals surface area contributed by atoms with Crippen LogP contribution in [0, 0.1) is 0 Å². The molecule has 0 aliphatic heterocycles. The molecule has 5 nitrogen and oxygen atoms in total. The summed E-state index contributed by atoms with van der Waals surface area (Å²) in [6, 6.07) is 0.141. The van der Waals surface area contributed by atoms with E-state index in [1.165, 1.54) is 11.5 Å². The van der Waals surface area contributed by atoms with Gasteiger partial charge in [0.05, 0.1) is 6.04 Å². The SMILES string of the molecule is CCc1nsc(N[C@H](C)c2nccn2CC)n1. The average Bonchev–Trinajstić information content (AvgIpc) is 2.96. The topological polar surface area (TPSA) is 55.6 Å². The van der Waals surface area contributed by atoms with Gasteiger partial charge in [0, 0.05) is 36.9 Å². The van der Waals surface area contributed by atoms with Crippen molar-refractivity contribution in [1.29, 1.82) is 0 Å². The van der Waals surface area contributed by atoms with Gasteiger partial charge in [0.2, 0.25) is 5.13 Å². The third-order valence-corrected chi connectivity index (χ3v) is 3.28. The van der Waals surface area contributed by atoms with E-state index in [2.05, 4.69) is 45.0 Å². The first-order chi connectivity index (χ1) is 8.24. The van der Waals surface area contributed by atoms with E-state index in [1.54, 1.807) is 0 Å². The zero-order valence-electron chi connectivity index (χ0n) is 10.3. The predicted molar refractivity (Wildman–Crippen MR) is 69.2 cm³/mol. The Kier molecular flexibility index (Phi) is 3.73. The molecule has 6 heteroatoms. The molecule has 1 atom stereocenters. The van der Waals surface area contributed by atoms with Crippen LogP contribution in [0.2, 0.25) is 0 Å². The fourth-order valence-electron chi connectivity index (χ4n) is 1.67. The van der Waals surface area contributed by atoms with Gasteiger partial charge in [-0.05, 0) is 13.8 Å². The van der Waals surface area contributed by atoms with Crippen LogP contribution in [0.15, 0.2) is 12.4 Å². The Bertz CT molecular complexity index is 476. The molecule has 2 aromatic heterocycles. The molecule has 0 fully saturated rings. The quantitative estimate of drug-likeness (QED) is 0.887. The van der Waals surface area contributed by atoms with Gasteiger partial charge in [-0.1, -0.05) is 6.92 Å². The van der Waals surface area contributed by atoms with Crippen LogP contribution in [0.5, 0.6) is 0 Å². The fourth-order valence-corrected chi connectivity index (χ4v) is 2.41. The van der Waals surface area contributed by atoms with Crippen molar-refractivity contribution in [1.82, 2.24) is 18.9 Å². The lowest BCUT2D eigenvalue weighted by molar-refractivity contribution is 0.658. The number of rotatable bonds is 5. The third-order valence-electron chi connectivity index (χ3n) is 2.60. The van der Waals surface area contributed by atoms with Crippen LogP contribution in [-0.4, -0.2) is 18.9 Å². The number of nitrogens with one attached hydrogen (secondary N) is 1. The molecule has 0 unspecified atom stereocenters. The first-order valence-electron chi connectivity index (χ1n) is 5.84. The molecule has 0 saturated carbocycles. The van der Waals surface area contributed by atoms with E-state index in [9.17, 15) is 0 Å². The molecule has 0 radical (unpaired) electrons. The van der Waals surface area contributed by atoms with Crippen LogP contribution in [0.25, 0.3) is 0 Å². The number of nitrogens with zero attached hydrogens (tertiary/aromatic N) is 4. The van der Waals surface area contributed by atoms with Gasteiger partial charge in [0.15, 0.2) is 0 Å². The van der Waals surface area contributed by atoms with Gasteiger partial charge < -0.3 is 9.88 Å². The Labute approximate surface area is 105 Å². The number of anilines is 1. The normalized spacial score (nSPS) is 12.6. The summed E-state index contributed by atoms with van der Waals surface area (Å²) < 4.78 is 6.38. The van der Waals surface area contributed by atoms with Crippen LogP contribution in [0.4, 0.5) is 5.13 Å². The van der Waals surface area contributed by atoms with Crippen molar-refractivity contribution < 1.29 is 0 Å². The molecular weight excluding hydrogens is 234 g/mol. The Hall–Kier alpha value is -1.43. The minimum Gasteiger partial charge on any atom is -0.351 e. The number of hydrogen-bond donors (Lipinski definition) is 1. The van der Waals surface area contributed by atoms with Gasteiger partial charge >= 0.3 is 0 Å². The van der Waals surface area contributed by atoms with E-state index in [0.717, 1.165) is 29.7 Å². The van der Waals surface area contributed by atoms with Crippen LogP contribution in [0.3, 0.4) is 0 Å². The third kappa shape index (κ3) is 2.63. The van der Waals surface area contributed by atoms with Crippen molar-refractivity contribution in [2.24, 2.45) is 0 Å². The van der Waals surface area contributed by atoms with Crippen molar-refractivity contribution in [3.05, 3.63) is 24.0 Å². The molecule has 0 aliphatic rings. The Balaban J connectivity index is 2.08. The van der Waals surface area contributed by atoms with Gasteiger partial charge in [-0.25, -0.2) is 9.97 Å². The molecule has 0 saturated heterocycles. The summed E-state index contributed by atoms with van der Waals surface area (Å²) in [7, 11) is 0. The smallest absolute Gasteiger partial charge is 0.203 e. The zero-order chi connectivity index (χ0) is 12.3. The monoisotopic (exact) mass is 251 g/mol. The van der Waals surface area contributed by atoms with Crippen LogP contribution in [0.1, 0.15) is 38.5 Å². The number of imidazole rings is 1. The second-order valence-electron chi connectivity index (χ2n) is 3.81. The van der Waals surface area contributed by atoms with Crippen LogP contribution in [-0.2, 0) is 13.0 Å². The molecule has 2 heterocycles. The summed E-state index contributed by atoms with van der Waals surface area (Å²) in [6.45, 7) is 7.18. The highest BCUT2D eigenvalue weighted by molar-refractivity contribution is 7.09. The van der Waals surface area contributed by atoms with E-state index >= 15 is 0 Å². The molecule has 0 spiro atoms. The van der Waals surface area contributed by atoms with Crippen molar-refractivity contribution in [3.63, 3.8) is 0 Å². The van der Waals surface area contributed by atoms with Gasteiger partial charge in [-0.3, -0.25) is 0 Å². The molecule has 0 aliphatic carbocycles. The minimum atomic E-state index is 0.141. The maximum Gasteiger partial charge on any atom is 0.203 e. The molecule has 92 valence electrons. The fraction of sp³-hybridized carbons (Fsp3) is 0.545. The van der Waals surface area contributed by atoms with Gasteiger partial charge in [0.25, 0.3) is 0 Å². The number of hydrogen-bond acceptors (Lipinski definition) is 5. The summed E-state index contributed by atoms with van der Waals surface area (Å²) in [6.07, 6.45) is 4.69. The summed E-state index contributed by atoms with van der Waals surface area (Å²) in [5, 5.41) is 4.20. The van der Waals surface area contributed by atoms with E-state index in [0.29, 0.717) is 0 Å². The zero-order valence-corrected chi connectivity index (χ0v) is 11.2. The lowest BCUT2D eigenvalue weighted by Crippen LogP contribution is -2.13. The second kappa shape index (κ2) is 5.27. The van der Waals surface area contributed by atoms with Crippen molar-refractivity contribution >= 4 is 16.7 Å². The first-order valence-corrected chi connectivity index (χ1v) is 6.62. The van der Waals surface area contributed by atoms with E-state index < -0.39 is 0 Å². The molecule has 17 heavy (non-hydrogen) atoms. The Morgan fingerprint density at radius 3 is 2.94 bits per heavy atom. The average molecular weight is 251 g/mol. The highest BCUT2D eigenvalue weighted by Crippen LogP contribution is 2.19. The Morgan fingerprint density at radius 2 is 2.29 bits per heavy atom. The first kappa shape index (κ1) is 12.0. The highest BCUT2D eigenvalue weighted by atomic mass is 32.1. The van der Waals surface area contributed by atoms with Crippen LogP contribution >= 0.6 is 11.5 Å². The standard InChI is InChI=1S/C11H17N5S/c1-4-9-14-11(17-15-9)13-8(3)10-12-6-7-16(10)5-2/h6-8H,4-5H2,1-3H3,(H,13,14,15)/t8-/m1/s1. The van der Waals surface area contributed by atoms with Crippen LogP contribution < -0.4 is 5.32 Å². The van der Waals surface area contributed by atoms with E-state index in [4.69, 9.17) is 0 Å². The Morgan fingerprint density at radius 1 is 1.47 bits per heavy atom. The van der Waals surface area contributed by atoms with Crippen molar-refractivity contribution in [2.45, 2.75) is 39.8 Å². The molecular formula is C11H17N5S. The summed E-state index contributed by atoms with van der Waals surface area (Å²) >= 11 is 1.40. The number of aromatic nitrogens is 4. The van der Waals surface area contributed by atoms with Crippen molar-refractivity contribution in [2.75, 3.05) is 5.32 Å². The summed E-state index contributed by atoms with van der Waals surface area (Å²) in [5.41, 5.74) is 0. The van der Waals surface area contributed by atoms with E-state index in [1.807, 2.05) is 12.4 Å². The molecule has 0 amide bonds. The lowest BCUT2D eigenvalue weighted by Gasteiger charge is -2.13. The minimum absolute atomic E-state index is 0.141. The largest absolute Gasteiger partial charge is 0.351 e. The van der Waals surface area contributed by atoms with Crippen molar-refractivity contribution in [3.8, 4) is 0 Å². The molecule has 2 rings (SSSR count). The van der Waals surface area contributed by atoms with E-state index in [-0.39, 0.29) is 6.04 Å². The second-order valence-corrected chi connectivity index (χ2v) is 4.56. The maximum absolute atomic E-state index is 4.39. The summed E-state index contributed by atoms with van der Waals surface area (Å²) in [5.74, 6) is 1.92. The van der Waals surface area contributed by atoms with Gasteiger partial charge in [-0.15, -0.1) is 0 Å². The molecule has 2 aromatic rings. The molecule has 0 aromatic carbocycles. The maximum atomic E-state index is 4.39. The molecule has 1 N–H and O–H groups in total. The summed E-state index contributed by atoms with van der Waals surface area (Å²) in [4.78, 5) is 8.76. The molecule has 0 bridgehead atoms. The number of aryl methyl sites for hydroxylation is 2. The highest BCUT2D eigenvalue weighted by Gasteiger charge is 2.13.